The molecule has 0 saturated carbocycles. The van der Waals surface area contributed by atoms with Crippen LogP contribution in [0.25, 0.3) is 0 Å². The Balaban J connectivity index is -0.00000000193. The van der Waals surface area contributed by atoms with E-state index in [0.717, 1.165) is 13.1 Å². The van der Waals surface area contributed by atoms with Crippen molar-refractivity contribution in [2.24, 2.45) is 0 Å². The molecule has 0 bridgehead atoms. The third-order valence-electron chi connectivity index (χ3n) is 0.500. The van der Waals surface area contributed by atoms with Crippen LogP contribution in [0.5, 0.6) is 0 Å². The molecule has 135 valence electrons. The average Bonchev–Trinajstić information content (AvgIpc) is 2.57. The Morgan fingerprint density at radius 2 is 0.244 bits per heavy atom. The van der Waals surface area contributed by atoms with E-state index in [1.54, 1.807) is 0 Å². The Kier molecular flexibility index (Phi) is 1140. The number of hydrogen-bond acceptors (Lipinski definition) is 0. The number of hydrogen-bond donors (Lipinski definition) is 0. The molecule has 0 aromatic carbocycles. The normalized spacial score (nSPS) is 0.978. The van der Waals surface area contributed by atoms with E-state index < -0.39 is 0 Å². The molecule has 0 unspecified atom stereocenters. The van der Waals surface area contributed by atoms with Crippen molar-refractivity contribution in [3.8, 4) is 0 Å². The van der Waals surface area contributed by atoms with Gasteiger partial charge in [0.15, 0.2) is 0 Å². The van der Waals surface area contributed by atoms with Crippen molar-refractivity contribution in [1.29, 1.82) is 0 Å². The van der Waals surface area contributed by atoms with E-state index in [1.807, 2.05) is 108 Å². The molecule has 0 spiro atoms. The van der Waals surface area contributed by atoms with Gasteiger partial charge in [-0.05, 0) is 0 Å². The molecule has 0 saturated heterocycles. The maximum absolute atomic E-state index is 2.29. The molecule has 0 aliphatic heterocycles. The summed E-state index contributed by atoms with van der Waals surface area (Å²) in [5.41, 5.74) is 0. The van der Waals surface area contributed by atoms with Crippen LogP contribution in [-0.2, 0) is 0 Å². The zero-order valence-corrected chi connectivity index (χ0v) is 102. The first-order chi connectivity index (χ1) is 11.1. The van der Waals surface area contributed by atoms with Crippen LogP contribution in [0.2, 0.25) is 0 Å². The number of rotatable bonds is 2. The van der Waals surface area contributed by atoms with Crippen molar-refractivity contribution < 1.29 is 444 Å². The molecule has 0 aliphatic carbocycles. The summed E-state index contributed by atoms with van der Waals surface area (Å²) in [7, 11) is 0. The standard InChI is InChI=1S/9Eu.36Mg. The molecule has 0 atom stereocenters. The van der Waals surface area contributed by atoms with Gasteiger partial charge in [0.05, 0.1) is 0 Å². The van der Waals surface area contributed by atoms with Gasteiger partial charge in [0, 0.05) is 1120 Å². The van der Waals surface area contributed by atoms with Crippen LogP contribution in [0.15, 0.2) is 0 Å². The van der Waals surface area contributed by atoms with Gasteiger partial charge in [-0.25, -0.2) is 0 Å². The topological polar surface area (TPSA) is 0 Å². The fourth-order valence-corrected chi connectivity index (χ4v) is 43.0. The van der Waals surface area contributed by atoms with Crippen LogP contribution in [0, 0.1) is 444 Å². The van der Waals surface area contributed by atoms with Crippen molar-refractivity contribution >= 4 is 680 Å². The molecule has 0 rings (SSSR count). The van der Waals surface area contributed by atoms with Gasteiger partial charge >= 0.3 is 0 Å². The van der Waals surface area contributed by atoms with Crippen LogP contribution in [0.3, 0.4) is 0 Å². The van der Waals surface area contributed by atoms with Crippen LogP contribution < -0.4 is 0 Å². The van der Waals surface area contributed by atoms with Gasteiger partial charge in [-0.1, -0.05) is 0 Å². The minimum Gasteiger partial charge on any atom is 0 e. The van der Waals surface area contributed by atoms with Gasteiger partial charge in [0.2, 0.25) is 0 Å². The van der Waals surface area contributed by atoms with Crippen LogP contribution in [-0.4, -0.2) is 680 Å². The summed E-state index contributed by atoms with van der Waals surface area (Å²) in [5.74, 6) is 0. The second-order valence-electron chi connectivity index (χ2n) is 2.47. The predicted molar refractivity (Wildman–Crippen MR) is 207 cm³/mol. The molecular weight excluding hydrogens is 2240 g/mol. The van der Waals surface area contributed by atoms with Crippen molar-refractivity contribution in [2.75, 3.05) is 0 Å². The summed E-state index contributed by atoms with van der Waals surface area (Å²) in [5, 5.41) is 0. The van der Waals surface area contributed by atoms with Crippen LogP contribution in [0.1, 0.15) is 0 Å². The van der Waals surface area contributed by atoms with Gasteiger partial charge < -0.3 is 0 Å². The van der Waals surface area contributed by atoms with Crippen LogP contribution in [0.4, 0.5) is 0 Å². The zero-order valence-electron chi connectivity index (χ0n) is 28.9. The molecule has 0 amide bonds. The van der Waals surface area contributed by atoms with E-state index >= 15 is 0 Å². The molecule has 0 aromatic rings. The minimum atomic E-state index is 0. The molecule has 0 aromatic heterocycles. The maximum atomic E-state index is 2.29. The molecule has 0 N–H and O–H groups in total. The molecule has 0 fully saturated rings. The van der Waals surface area contributed by atoms with Gasteiger partial charge in [-0.15, -0.1) is 0 Å². The molecule has 45 heavy (non-hydrogen) atoms. The van der Waals surface area contributed by atoms with Gasteiger partial charge in [-0.2, -0.15) is 0 Å². The second-order valence-corrected chi connectivity index (χ2v) is 66.8. The van der Waals surface area contributed by atoms with E-state index in [0.29, 0.717) is 78.4 Å². The van der Waals surface area contributed by atoms with Crippen molar-refractivity contribution in [3.63, 3.8) is 0 Å². The molecule has 51 radical (unpaired) electrons. The minimum absolute atomic E-state index is 0. The Hall–Kier alpha value is 41.8. The molecule has 45 heteroatoms. The van der Waals surface area contributed by atoms with E-state index in [9.17, 15) is 0 Å². The summed E-state index contributed by atoms with van der Waals surface area (Å²) in [4.78, 5) is 0. The Morgan fingerprint density at radius 3 is 0.244 bits per heavy atom. The summed E-state index contributed by atoms with van der Waals surface area (Å²) in [6.07, 6.45) is 0. The Morgan fingerprint density at radius 1 is 0.200 bits per heavy atom. The average molecular weight is 2240 g/mol. The van der Waals surface area contributed by atoms with Crippen molar-refractivity contribution in [1.82, 2.24) is 0 Å². The predicted octanol–water partition coefficient (Wildman–Crippen LogP) is -13.7. The smallest absolute Gasteiger partial charge is 0 e. The van der Waals surface area contributed by atoms with E-state index in [1.165, 1.54) is 0 Å². The van der Waals surface area contributed by atoms with Gasteiger partial charge in [0.1, 0.15) is 0 Å². The van der Waals surface area contributed by atoms with E-state index in [2.05, 4.69) is 181 Å². The van der Waals surface area contributed by atoms with Crippen molar-refractivity contribution in [3.05, 3.63) is 0 Å². The third kappa shape index (κ3) is 314. The summed E-state index contributed by atoms with van der Waals surface area (Å²) >= 11 is 36.8. The fraction of sp³-hybridized carbons (Fsp3) is 0. The van der Waals surface area contributed by atoms with E-state index in [4.69, 9.17) is 0 Å². The van der Waals surface area contributed by atoms with E-state index in [-0.39, 0.29) is 744 Å². The van der Waals surface area contributed by atoms with Crippen LogP contribution >= 0.6 is 0 Å². The van der Waals surface area contributed by atoms with Gasteiger partial charge in [0.25, 0.3) is 0 Å². The molecule has 0 aliphatic rings. The largest absolute Gasteiger partial charge is 0 e. The quantitative estimate of drug-likeness (QED) is 0.242. The summed E-state index contributed by atoms with van der Waals surface area (Å²) in [6.45, 7) is 0. The molecule has 0 heterocycles. The first kappa shape index (κ1) is 198. The monoisotopic (exact) mass is 2240 g/mol. The molecular formula is Eu9Mg36. The van der Waals surface area contributed by atoms with Crippen molar-refractivity contribution in [2.45, 2.75) is 0 Å². The second kappa shape index (κ2) is 259. The summed E-state index contributed by atoms with van der Waals surface area (Å²) < 4.78 is 0. The first-order valence-electron chi connectivity index (χ1n) is 7.50. The zero-order chi connectivity index (χ0) is 20.9. The Bertz CT molecular complexity index is 61.8. The maximum Gasteiger partial charge on any atom is 0 e. The first-order valence-corrected chi connectivity index (χ1v) is 67.5. The Labute approximate surface area is 1080 Å². The van der Waals surface area contributed by atoms with Gasteiger partial charge in [-0.3, -0.25) is 0 Å². The summed E-state index contributed by atoms with van der Waals surface area (Å²) in [6, 6.07) is 0. The SMILES string of the molecule is [Eu].[Eu].[Eu].[Eu].[Eu].[Eu].[Eu].[Eu].[Eu].[Mg].[Mg].[Mg].[Mg].[Mg].[Mg].[Mg].[Mg].[Mg].[Mg].[Mg].[Mg].[Mg].[Mg][Mg].[Mg][Mg].[Mg][Mg].[Mg][Mg][Mg].[Mg][Mg][Mg].[Mg][Mg][Mg].[Mg][Mg][Mg].[Mg][Mg][Mg][Mg][Mg]. The molecule has 0 nitrogen and oxygen atoms in total. The third-order valence-corrected chi connectivity index (χ3v) is 40.5. The fourth-order valence-electron chi connectivity index (χ4n) is 0.177.